The summed E-state index contributed by atoms with van der Waals surface area (Å²) < 4.78 is 0. The van der Waals surface area contributed by atoms with Crippen LogP contribution in [-0.4, -0.2) is 16.6 Å². The van der Waals surface area contributed by atoms with E-state index in [9.17, 15) is 4.79 Å². The van der Waals surface area contributed by atoms with Crippen LogP contribution in [0.2, 0.25) is 0 Å². The molecule has 0 radical (unpaired) electrons. The molecule has 1 N–H and O–H groups in total. The number of aryl methyl sites for hydroxylation is 1. The highest BCUT2D eigenvalue weighted by atomic mass is 32.2. The smallest absolute Gasteiger partial charge is 0.257 e. The number of fused-ring (bicyclic) bond motifs is 1. The van der Waals surface area contributed by atoms with Crippen LogP contribution >= 0.6 is 11.8 Å². The lowest BCUT2D eigenvalue weighted by Gasteiger charge is -2.13. The minimum absolute atomic E-state index is 0.0738. The molecule has 3 rings (SSSR count). The number of pyridine rings is 1. The molecule has 1 aromatic heterocycles. The minimum atomic E-state index is -0.0738. The Balaban J connectivity index is 1.90. The Morgan fingerprint density at radius 3 is 2.76 bits per heavy atom. The van der Waals surface area contributed by atoms with E-state index in [1.54, 1.807) is 18.0 Å². The lowest BCUT2D eigenvalue weighted by molar-refractivity contribution is 0.102. The van der Waals surface area contributed by atoms with Gasteiger partial charge in [-0.3, -0.25) is 9.78 Å². The quantitative estimate of drug-likeness (QED) is 0.459. The highest BCUT2D eigenvalue weighted by Crippen LogP contribution is 2.28. The molecule has 1 amide bonds. The van der Waals surface area contributed by atoms with Gasteiger partial charge in [0.15, 0.2) is 0 Å². The molecule has 0 aliphatic heterocycles. The van der Waals surface area contributed by atoms with E-state index in [0.29, 0.717) is 0 Å². The average Bonchev–Trinajstić information content (AvgIpc) is 2.62. The molecule has 0 spiro atoms. The third-order valence-corrected chi connectivity index (χ3v) is 5.24. The van der Waals surface area contributed by atoms with Gasteiger partial charge in [0.1, 0.15) is 0 Å². The number of para-hydroxylation sites is 1. The summed E-state index contributed by atoms with van der Waals surface area (Å²) >= 11 is 1.75. The van der Waals surface area contributed by atoms with Gasteiger partial charge in [0, 0.05) is 16.5 Å². The van der Waals surface area contributed by atoms with Crippen LogP contribution in [0.15, 0.2) is 59.6 Å². The molecule has 0 atom stereocenters. The highest BCUT2D eigenvalue weighted by molar-refractivity contribution is 7.99. The van der Waals surface area contributed by atoms with Gasteiger partial charge in [0.05, 0.1) is 16.8 Å². The van der Waals surface area contributed by atoms with Crippen molar-refractivity contribution in [1.29, 1.82) is 0 Å². The number of benzene rings is 2. The van der Waals surface area contributed by atoms with Gasteiger partial charge in [-0.25, -0.2) is 0 Å². The van der Waals surface area contributed by atoms with Crippen molar-refractivity contribution >= 4 is 34.3 Å². The molecule has 2 aromatic carbocycles. The molecule has 0 aliphatic carbocycles. The van der Waals surface area contributed by atoms with Crippen molar-refractivity contribution in [2.45, 2.75) is 31.6 Å². The van der Waals surface area contributed by atoms with Crippen molar-refractivity contribution in [3.63, 3.8) is 0 Å². The summed E-state index contributed by atoms with van der Waals surface area (Å²) in [7, 11) is 0. The van der Waals surface area contributed by atoms with Crippen LogP contribution in [0.3, 0.4) is 0 Å². The van der Waals surface area contributed by atoms with Gasteiger partial charge in [0.25, 0.3) is 5.91 Å². The molecule has 0 aliphatic rings. The first-order valence-electron chi connectivity index (χ1n) is 8.58. The van der Waals surface area contributed by atoms with Gasteiger partial charge in [-0.05, 0) is 42.9 Å². The van der Waals surface area contributed by atoms with E-state index in [-0.39, 0.29) is 5.91 Å². The molecule has 0 saturated carbocycles. The first kappa shape index (κ1) is 17.5. The van der Waals surface area contributed by atoms with Crippen molar-refractivity contribution < 1.29 is 4.79 Å². The zero-order chi connectivity index (χ0) is 17.6. The minimum Gasteiger partial charge on any atom is -0.320 e. The number of aromatic nitrogens is 1. The molecule has 0 saturated heterocycles. The van der Waals surface area contributed by atoms with E-state index in [4.69, 9.17) is 0 Å². The van der Waals surface area contributed by atoms with Gasteiger partial charge >= 0.3 is 0 Å². The number of nitrogens with one attached hydrogen (secondary N) is 1. The summed E-state index contributed by atoms with van der Waals surface area (Å²) in [5, 5.41) is 4.07. The summed E-state index contributed by atoms with van der Waals surface area (Å²) in [6.07, 6.45) is 4.05. The van der Waals surface area contributed by atoms with E-state index in [1.165, 1.54) is 0 Å². The summed E-state index contributed by atoms with van der Waals surface area (Å²) in [6, 6.07) is 15.8. The molecule has 3 nitrogen and oxygen atoms in total. The fourth-order valence-electron chi connectivity index (χ4n) is 2.77. The molecule has 128 valence electrons. The molecule has 0 unspecified atom stereocenters. The maximum absolute atomic E-state index is 13.0. The second-order valence-corrected chi connectivity index (χ2v) is 7.12. The Morgan fingerprint density at radius 2 is 1.92 bits per heavy atom. The zero-order valence-electron chi connectivity index (χ0n) is 14.6. The predicted octanol–water partition coefficient (Wildman–Crippen LogP) is 5.69. The lowest BCUT2D eigenvalue weighted by Crippen LogP contribution is -2.15. The Morgan fingerprint density at radius 1 is 1.12 bits per heavy atom. The summed E-state index contributed by atoms with van der Waals surface area (Å²) in [4.78, 5) is 18.4. The van der Waals surface area contributed by atoms with Crippen LogP contribution in [0.5, 0.6) is 0 Å². The molecule has 1 heterocycles. The van der Waals surface area contributed by atoms with Gasteiger partial charge in [-0.15, -0.1) is 11.8 Å². The monoisotopic (exact) mass is 350 g/mol. The number of carbonyl (C=O) groups excluding carboxylic acids is 1. The zero-order valence-corrected chi connectivity index (χ0v) is 15.4. The normalized spacial score (nSPS) is 10.8. The highest BCUT2D eigenvalue weighted by Gasteiger charge is 2.16. The lowest BCUT2D eigenvalue weighted by atomic mass is 10.1. The van der Waals surface area contributed by atoms with Crippen molar-refractivity contribution in [2.24, 2.45) is 0 Å². The second-order valence-electron chi connectivity index (χ2n) is 5.98. The number of carbonyl (C=O) groups is 1. The van der Waals surface area contributed by atoms with E-state index in [2.05, 4.69) is 17.2 Å². The van der Waals surface area contributed by atoms with Crippen molar-refractivity contribution in [2.75, 3.05) is 11.1 Å². The van der Waals surface area contributed by atoms with Crippen LogP contribution < -0.4 is 5.32 Å². The predicted molar refractivity (Wildman–Crippen MR) is 107 cm³/mol. The largest absolute Gasteiger partial charge is 0.320 e. The first-order valence-corrected chi connectivity index (χ1v) is 9.56. The van der Waals surface area contributed by atoms with E-state index in [0.717, 1.165) is 51.2 Å². The van der Waals surface area contributed by atoms with Crippen molar-refractivity contribution in [3.8, 4) is 0 Å². The number of anilines is 1. The van der Waals surface area contributed by atoms with Crippen LogP contribution in [-0.2, 0) is 0 Å². The Labute approximate surface area is 152 Å². The number of hydrogen-bond acceptors (Lipinski definition) is 3. The fourth-order valence-corrected chi connectivity index (χ4v) is 3.99. The summed E-state index contributed by atoms with van der Waals surface area (Å²) in [5.74, 6) is 0.950. The Kier molecular flexibility index (Phi) is 5.71. The van der Waals surface area contributed by atoms with Gasteiger partial charge in [-0.2, -0.15) is 0 Å². The second kappa shape index (κ2) is 8.17. The van der Waals surface area contributed by atoms with Crippen molar-refractivity contribution in [1.82, 2.24) is 4.98 Å². The number of rotatable bonds is 6. The fraction of sp³-hybridized carbons (Fsp3) is 0.238. The Bertz CT molecular complexity index is 887. The first-order chi connectivity index (χ1) is 12.2. The van der Waals surface area contributed by atoms with Crippen LogP contribution in [0.1, 0.15) is 35.7 Å². The molecule has 3 aromatic rings. The summed E-state index contributed by atoms with van der Waals surface area (Å²) in [5.41, 5.74) is 3.31. The molecule has 0 bridgehead atoms. The van der Waals surface area contributed by atoms with E-state index >= 15 is 0 Å². The molecule has 4 heteroatoms. The topological polar surface area (TPSA) is 42.0 Å². The number of thioether (sulfide) groups is 1. The number of nitrogens with zero attached hydrogens (tertiary/aromatic N) is 1. The van der Waals surface area contributed by atoms with Crippen molar-refractivity contribution in [3.05, 3.63) is 65.9 Å². The van der Waals surface area contributed by atoms with Gasteiger partial charge in [-0.1, -0.05) is 43.7 Å². The standard InChI is InChI=1S/C21H22N2OS/c1-3-4-14-25-18-12-5-8-15(2)19(18)21(24)23-17-11-6-9-16-10-7-13-22-20(16)17/h5-13H,3-4,14H2,1-2H3,(H,23,24). The number of hydrogen-bond donors (Lipinski definition) is 1. The number of unbranched alkanes of at least 4 members (excludes halogenated alkanes) is 1. The molecule has 25 heavy (non-hydrogen) atoms. The molecule has 0 fully saturated rings. The third-order valence-electron chi connectivity index (χ3n) is 4.10. The average molecular weight is 350 g/mol. The Hall–Kier alpha value is -2.33. The van der Waals surface area contributed by atoms with E-state index in [1.807, 2.05) is 55.5 Å². The molecular formula is C21H22N2OS. The maximum Gasteiger partial charge on any atom is 0.257 e. The van der Waals surface area contributed by atoms with Crippen LogP contribution in [0.25, 0.3) is 10.9 Å². The van der Waals surface area contributed by atoms with Crippen LogP contribution in [0, 0.1) is 6.92 Å². The maximum atomic E-state index is 13.0. The van der Waals surface area contributed by atoms with Crippen LogP contribution in [0.4, 0.5) is 5.69 Å². The third kappa shape index (κ3) is 4.02. The molecular weight excluding hydrogens is 328 g/mol. The summed E-state index contributed by atoms with van der Waals surface area (Å²) in [6.45, 7) is 4.16. The van der Waals surface area contributed by atoms with Gasteiger partial charge < -0.3 is 5.32 Å². The number of amides is 1. The SMILES string of the molecule is CCCCSc1cccc(C)c1C(=O)Nc1cccc2cccnc12. The van der Waals surface area contributed by atoms with E-state index < -0.39 is 0 Å². The van der Waals surface area contributed by atoms with Gasteiger partial charge in [0.2, 0.25) is 0 Å².